The number of aliphatic hydroxyl groups excluding tert-OH is 1. The molecular formula is C18H31N3O4. The van der Waals surface area contributed by atoms with Gasteiger partial charge in [-0.25, -0.2) is 28.1 Å². The minimum absolute atomic E-state index is 0.00324. The average molecular weight is 353 g/mol. The highest BCUT2D eigenvalue weighted by molar-refractivity contribution is 4.94. The van der Waals surface area contributed by atoms with Gasteiger partial charge in [-0.05, 0) is 35.5 Å². The molecule has 0 radical (unpaired) electrons. The molecule has 2 rings (SSSR count). The van der Waals surface area contributed by atoms with Crippen LogP contribution < -0.4 is 17.1 Å². The van der Waals surface area contributed by atoms with Gasteiger partial charge in [0.15, 0.2) is 0 Å². The van der Waals surface area contributed by atoms with Crippen molar-refractivity contribution in [2.45, 2.75) is 53.7 Å². The maximum Gasteiger partial charge on any atom is 0.336 e. The van der Waals surface area contributed by atoms with Gasteiger partial charge in [-0.3, -0.25) is 0 Å². The van der Waals surface area contributed by atoms with Crippen LogP contribution in [0.15, 0.2) is 14.4 Å². The van der Waals surface area contributed by atoms with Gasteiger partial charge < -0.3 is 5.11 Å². The van der Waals surface area contributed by atoms with E-state index in [0.29, 0.717) is 0 Å². The zero-order valence-corrected chi connectivity index (χ0v) is 16.3. The van der Waals surface area contributed by atoms with E-state index in [0.717, 1.165) is 20.1 Å². The van der Waals surface area contributed by atoms with Crippen molar-refractivity contribution in [2.24, 2.45) is 43.2 Å². The fourth-order valence-corrected chi connectivity index (χ4v) is 4.26. The maximum absolute atomic E-state index is 12.4. The molecule has 5 unspecified atom stereocenters. The lowest BCUT2D eigenvalue weighted by molar-refractivity contribution is -0.0748. The molecule has 1 aliphatic carbocycles. The molecule has 1 aliphatic rings. The molecule has 1 aromatic heterocycles. The second-order valence-electron chi connectivity index (χ2n) is 8.78. The van der Waals surface area contributed by atoms with Crippen molar-refractivity contribution in [2.75, 3.05) is 0 Å². The first kappa shape index (κ1) is 19.7. The van der Waals surface area contributed by atoms with Crippen LogP contribution in [-0.4, -0.2) is 24.9 Å². The smallest absolute Gasteiger partial charge is 0.336 e. The van der Waals surface area contributed by atoms with Crippen LogP contribution in [0.25, 0.3) is 0 Å². The van der Waals surface area contributed by atoms with Crippen LogP contribution in [-0.2, 0) is 20.6 Å². The van der Waals surface area contributed by atoms with Gasteiger partial charge in [-0.15, -0.1) is 0 Å². The highest BCUT2D eigenvalue weighted by Crippen LogP contribution is 2.45. The van der Waals surface area contributed by atoms with Crippen LogP contribution in [0.4, 0.5) is 0 Å². The first-order chi connectivity index (χ1) is 11.4. The molecule has 142 valence electrons. The van der Waals surface area contributed by atoms with Crippen molar-refractivity contribution in [3.8, 4) is 0 Å². The Kier molecular flexibility index (Phi) is 5.19. The standard InChI is InChI=1S/C18H31N3O4/c1-10-8-13(18(3,4)5)14(22)11(2)12(10)9-21-16(24)19(6)15(23)20(7)17(21)25/h10-14,22H,8-9H2,1-7H3. The number of aromatic nitrogens is 3. The molecule has 0 bridgehead atoms. The molecule has 25 heavy (non-hydrogen) atoms. The summed E-state index contributed by atoms with van der Waals surface area (Å²) in [7, 11) is 2.75. The Morgan fingerprint density at radius 2 is 1.48 bits per heavy atom. The zero-order valence-electron chi connectivity index (χ0n) is 16.3. The third-order valence-corrected chi connectivity index (χ3v) is 6.10. The Morgan fingerprint density at radius 3 is 1.92 bits per heavy atom. The quantitative estimate of drug-likeness (QED) is 0.842. The lowest BCUT2D eigenvalue weighted by Crippen LogP contribution is -2.55. The van der Waals surface area contributed by atoms with Gasteiger partial charge in [-0.2, -0.15) is 0 Å². The van der Waals surface area contributed by atoms with Crippen molar-refractivity contribution in [1.82, 2.24) is 13.7 Å². The number of nitrogens with zero attached hydrogens (tertiary/aromatic N) is 3. The summed E-state index contributed by atoms with van der Waals surface area (Å²) in [6, 6.07) is 0. The third-order valence-electron chi connectivity index (χ3n) is 6.10. The Hall–Kier alpha value is -1.63. The fraction of sp³-hybridized carbons (Fsp3) is 0.833. The monoisotopic (exact) mass is 353 g/mol. The van der Waals surface area contributed by atoms with E-state index in [1.54, 1.807) is 0 Å². The van der Waals surface area contributed by atoms with Crippen molar-refractivity contribution >= 4 is 0 Å². The molecule has 1 heterocycles. The van der Waals surface area contributed by atoms with Gasteiger partial charge in [0.2, 0.25) is 0 Å². The molecule has 5 atom stereocenters. The van der Waals surface area contributed by atoms with E-state index in [4.69, 9.17) is 0 Å². The van der Waals surface area contributed by atoms with E-state index in [1.807, 2.05) is 6.92 Å². The SMILES string of the molecule is CC1CC(C(C)(C)C)C(O)C(C)C1Cn1c(=O)n(C)c(=O)n(C)c1=O. The molecule has 1 saturated carbocycles. The zero-order chi connectivity index (χ0) is 19.3. The third kappa shape index (κ3) is 3.38. The van der Waals surface area contributed by atoms with Crippen molar-refractivity contribution in [3.63, 3.8) is 0 Å². The van der Waals surface area contributed by atoms with Gasteiger partial charge in [0.1, 0.15) is 0 Å². The van der Waals surface area contributed by atoms with E-state index in [1.165, 1.54) is 14.1 Å². The van der Waals surface area contributed by atoms with Gasteiger partial charge in [0, 0.05) is 20.6 Å². The summed E-state index contributed by atoms with van der Waals surface area (Å²) < 4.78 is 3.03. The molecule has 0 saturated heterocycles. The number of hydrogen-bond acceptors (Lipinski definition) is 4. The predicted octanol–water partition coefficient (Wildman–Crippen LogP) is 0.561. The summed E-state index contributed by atoms with van der Waals surface area (Å²) in [5.41, 5.74) is -1.82. The van der Waals surface area contributed by atoms with E-state index in [2.05, 4.69) is 27.7 Å². The van der Waals surface area contributed by atoms with Crippen LogP contribution >= 0.6 is 0 Å². The van der Waals surface area contributed by atoms with E-state index in [-0.39, 0.29) is 35.6 Å². The van der Waals surface area contributed by atoms with Crippen LogP contribution in [0.2, 0.25) is 0 Å². The maximum atomic E-state index is 12.4. The molecule has 7 nitrogen and oxygen atoms in total. The van der Waals surface area contributed by atoms with Gasteiger partial charge >= 0.3 is 17.1 Å². The van der Waals surface area contributed by atoms with E-state index in [9.17, 15) is 19.5 Å². The van der Waals surface area contributed by atoms with Gasteiger partial charge in [-0.1, -0.05) is 34.6 Å². The Morgan fingerprint density at radius 1 is 1.00 bits per heavy atom. The van der Waals surface area contributed by atoms with Crippen LogP contribution in [0.1, 0.15) is 41.0 Å². The minimum Gasteiger partial charge on any atom is -0.393 e. The average Bonchev–Trinajstić information content (AvgIpc) is 2.52. The molecule has 0 aromatic carbocycles. The highest BCUT2D eigenvalue weighted by Gasteiger charge is 2.44. The Labute approximate surface area is 147 Å². The summed E-state index contributed by atoms with van der Waals surface area (Å²) in [5, 5.41) is 10.8. The summed E-state index contributed by atoms with van der Waals surface area (Å²) in [5.74, 6) is 0.392. The molecule has 1 fully saturated rings. The van der Waals surface area contributed by atoms with Crippen molar-refractivity contribution in [3.05, 3.63) is 31.5 Å². The van der Waals surface area contributed by atoms with Crippen LogP contribution in [0, 0.1) is 29.1 Å². The summed E-state index contributed by atoms with van der Waals surface area (Å²) in [6.45, 7) is 10.7. The molecule has 0 spiro atoms. The van der Waals surface area contributed by atoms with Crippen molar-refractivity contribution < 1.29 is 5.11 Å². The number of rotatable bonds is 2. The lowest BCUT2D eigenvalue weighted by atomic mass is 9.60. The number of aliphatic hydroxyl groups is 1. The largest absolute Gasteiger partial charge is 0.393 e. The summed E-state index contributed by atoms with van der Waals surface area (Å²) >= 11 is 0. The summed E-state index contributed by atoms with van der Waals surface area (Å²) in [4.78, 5) is 36.7. The molecule has 0 amide bonds. The van der Waals surface area contributed by atoms with Crippen LogP contribution in [0.5, 0.6) is 0 Å². The minimum atomic E-state index is -0.621. The highest BCUT2D eigenvalue weighted by atomic mass is 16.3. The lowest BCUT2D eigenvalue weighted by Gasteiger charge is -2.47. The predicted molar refractivity (Wildman–Crippen MR) is 96.6 cm³/mol. The molecule has 1 N–H and O–H groups in total. The van der Waals surface area contributed by atoms with E-state index >= 15 is 0 Å². The molecular weight excluding hydrogens is 322 g/mol. The topological polar surface area (TPSA) is 86.2 Å². The molecule has 7 heteroatoms. The second-order valence-corrected chi connectivity index (χ2v) is 8.78. The van der Waals surface area contributed by atoms with E-state index < -0.39 is 23.2 Å². The van der Waals surface area contributed by atoms with Crippen LogP contribution in [0.3, 0.4) is 0 Å². The van der Waals surface area contributed by atoms with Gasteiger partial charge in [0.05, 0.1) is 6.10 Å². The normalized spacial score (nSPS) is 30.5. The van der Waals surface area contributed by atoms with Crippen molar-refractivity contribution in [1.29, 1.82) is 0 Å². The Bertz CT molecular complexity index is 771. The first-order valence-electron chi connectivity index (χ1n) is 8.92. The first-order valence-corrected chi connectivity index (χ1v) is 8.92. The van der Waals surface area contributed by atoms with Gasteiger partial charge in [0.25, 0.3) is 0 Å². The Balaban J connectivity index is 2.41. The second kappa shape index (κ2) is 6.59. The molecule has 1 aromatic rings. The fourth-order valence-electron chi connectivity index (χ4n) is 4.26. The molecule has 0 aliphatic heterocycles. The number of hydrogen-bond donors (Lipinski definition) is 1. The summed E-state index contributed by atoms with van der Waals surface area (Å²) in [6.07, 6.45) is 0.369.